The third kappa shape index (κ3) is 1.93. The number of hydrogen-bond donors (Lipinski definition) is 4. The van der Waals surface area contributed by atoms with E-state index in [1.54, 1.807) is 12.3 Å². The third-order valence-corrected chi connectivity index (χ3v) is 5.59. The van der Waals surface area contributed by atoms with E-state index in [9.17, 15) is 29.7 Å². The van der Waals surface area contributed by atoms with Gasteiger partial charge in [0.15, 0.2) is 11.4 Å². The van der Waals surface area contributed by atoms with E-state index in [1.807, 2.05) is 0 Å². The molecule has 3 atom stereocenters. The number of aliphatic hydroxyl groups excluding tert-OH is 2. The quantitative estimate of drug-likeness (QED) is 0.521. The van der Waals surface area contributed by atoms with E-state index in [4.69, 9.17) is 5.73 Å². The molecule has 1 heterocycles. The maximum absolute atomic E-state index is 13.1. The Hall–Kier alpha value is -3.00. The molecule has 8 nitrogen and oxygen atoms in total. The molecule has 26 heavy (non-hydrogen) atoms. The number of carbonyl (C=O) groups excluding carboxylic acids is 3. The number of nitrogens with zero attached hydrogens (tertiary/aromatic N) is 1. The molecule has 134 valence electrons. The van der Waals surface area contributed by atoms with Crippen LogP contribution in [0.15, 0.2) is 35.4 Å². The Bertz CT molecular complexity index is 947. The molecule has 1 amide bonds. The van der Waals surface area contributed by atoms with Crippen molar-refractivity contribution in [1.82, 2.24) is 4.98 Å². The van der Waals surface area contributed by atoms with E-state index in [0.29, 0.717) is 12.0 Å². The Morgan fingerprint density at radius 1 is 1.27 bits per heavy atom. The molecule has 0 bridgehead atoms. The summed E-state index contributed by atoms with van der Waals surface area (Å²) in [6.07, 6.45) is 3.40. The lowest BCUT2D eigenvalue weighted by Gasteiger charge is -2.45. The Kier molecular flexibility index (Phi) is 3.32. The molecule has 0 aromatic carbocycles. The zero-order valence-corrected chi connectivity index (χ0v) is 13.6. The number of fused-ring (bicyclic) bond motifs is 3. The van der Waals surface area contributed by atoms with Crippen molar-refractivity contribution >= 4 is 23.2 Å². The lowest BCUT2D eigenvalue weighted by Crippen LogP contribution is -2.58. The average Bonchev–Trinajstić information content (AvgIpc) is 2.58. The van der Waals surface area contributed by atoms with Gasteiger partial charge in [-0.1, -0.05) is 0 Å². The molecule has 3 aliphatic rings. The SMILES string of the molecule is NC(=O)C1=C(O)[C@@]2(O)C(=O)C3=C(O)c4ccncc4C[C@H]3CC2CC1=O. The lowest BCUT2D eigenvalue weighted by molar-refractivity contribution is -0.147. The minimum Gasteiger partial charge on any atom is -0.508 e. The van der Waals surface area contributed by atoms with Crippen LogP contribution in [0.1, 0.15) is 24.0 Å². The number of aliphatic hydroxyl groups is 3. The fourth-order valence-corrected chi connectivity index (χ4v) is 4.36. The van der Waals surface area contributed by atoms with Crippen molar-refractivity contribution in [1.29, 1.82) is 0 Å². The number of Topliss-reactive ketones (excluding diaryl/α,β-unsaturated/α-hetero) is 2. The summed E-state index contributed by atoms with van der Waals surface area (Å²) in [5.41, 5.74) is 3.12. The zero-order valence-electron chi connectivity index (χ0n) is 13.6. The van der Waals surface area contributed by atoms with Crippen molar-refractivity contribution in [2.24, 2.45) is 17.6 Å². The number of rotatable bonds is 1. The van der Waals surface area contributed by atoms with Gasteiger partial charge >= 0.3 is 0 Å². The molecule has 5 N–H and O–H groups in total. The van der Waals surface area contributed by atoms with Gasteiger partial charge in [0.05, 0.1) is 0 Å². The molecule has 3 aliphatic carbocycles. The molecular weight excluding hydrogens is 340 g/mol. The molecular formula is C18H16N2O6. The van der Waals surface area contributed by atoms with Crippen molar-refractivity contribution in [2.75, 3.05) is 0 Å². The van der Waals surface area contributed by atoms with E-state index >= 15 is 0 Å². The van der Waals surface area contributed by atoms with Gasteiger partial charge < -0.3 is 21.1 Å². The first-order valence-electron chi connectivity index (χ1n) is 8.17. The number of pyridine rings is 1. The fourth-order valence-electron chi connectivity index (χ4n) is 4.36. The molecule has 1 fully saturated rings. The molecule has 1 aromatic heterocycles. The van der Waals surface area contributed by atoms with Gasteiger partial charge in [0.25, 0.3) is 5.91 Å². The van der Waals surface area contributed by atoms with Gasteiger partial charge in [-0.25, -0.2) is 0 Å². The van der Waals surface area contributed by atoms with E-state index in [0.717, 1.165) is 5.56 Å². The Balaban J connectivity index is 1.92. The number of carbonyl (C=O) groups is 3. The van der Waals surface area contributed by atoms with E-state index in [2.05, 4.69) is 4.98 Å². The standard InChI is InChI=1S/C18H16N2O6/c19-17(25)13-11(21)5-9-4-7-3-8-6-20-2-1-10(8)14(22)12(7)15(23)18(9,26)16(13)24/h1-2,6-7,9,22,24,26H,3-5H2,(H2,19,25)/t7-,9?,18-/m0/s1. The van der Waals surface area contributed by atoms with Gasteiger partial charge in [0.2, 0.25) is 5.78 Å². The van der Waals surface area contributed by atoms with Crippen LogP contribution in [0.3, 0.4) is 0 Å². The van der Waals surface area contributed by atoms with Crippen LogP contribution >= 0.6 is 0 Å². The summed E-state index contributed by atoms with van der Waals surface area (Å²) in [6.45, 7) is 0. The molecule has 4 rings (SSSR count). The van der Waals surface area contributed by atoms with Crippen molar-refractivity contribution in [2.45, 2.75) is 24.9 Å². The summed E-state index contributed by atoms with van der Waals surface area (Å²) in [6, 6.07) is 1.56. The van der Waals surface area contributed by atoms with Crippen molar-refractivity contribution in [3.63, 3.8) is 0 Å². The second-order valence-electron chi connectivity index (χ2n) is 6.94. The first-order chi connectivity index (χ1) is 12.3. The second kappa shape index (κ2) is 5.25. The second-order valence-corrected chi connectivity index (χ2v) is 6.94. The van der Waals surface area contributed by atoms with Crippen LogP contribution in [0.25, 0.3) is 5.76 Å². The Morgan fingerprint density at radius 2 is 2.00 bits per heavy atom. The Morgan fingerprint density at radius 3 is 2.69 bits per heavy atom. The minimum atomic E-state index is -2.44. The van der Waals surface area contributed by atoms with Crippen molar-refractivity contribution < 1.29 is 29.7 Å². The normalized spacial score (nSPS) is 30.7. The molecule has 1 aromatic rings. The molecule has 0 radical (unpaired) electrons. The predicted octanol–water partition coefficient (Wildman–Crippen LogP) is 0.113. The molecule has 0 aliphatic heterocycles. The van der Waals surface area contributed by atoms with Crippen LogP contribution in [0.4, 0.5) is 0 Å². The summed E-state index contributed by atoms with van der Waals surface area (Å²) in [4.78, 5) is 40.8. The van der Waals surface area contributed by atoms with Gasteiger partial charge in [0.1, 0.15) is 17.1 Å². The van der Waals surface area contributed by atoms with E-state index < -0.39 is 46.2 Å². The smallest absolute Gasteiger partial charge is 0.255 e. The number of ketones is 2. The summed E-state index contributed by atoms with van der Waals surface area (Å²) in [5.74, 6) is -5.41. The van der Waals surface area contributed by atoms with E-state index in [1.165, 1.54) is 6.20 Å². The molecule has 0 spiro atoms. The Labute approximate surface area is 147 Å². The number of nitrogens with two attached hydrogens (primary N) is 1. The molecule has 1 unspecified atom stereocenters. The molecule has 8 heteroatoms. The van der Waals surface area contributed by atoms with Gasteiger partial charge in [-0.2, -0.15) is 0 Å². The van der Waals surface area contributed by atoms with Crippen LogP contribution < -0.4 is 5.73 Å². The highest BCUT2D eigenvalue weighted by atomic mass is 16.3. The summed E-state index contributed by atoms with van der Waals surface area (Å²) < 4.78 is 0. The predicted molar refractivity (Wildman–Crippen MR) is 87.5 cm³/mol. The first-order valence-corrected chi connectivity index (χ1v) is 8.17. The van der Waals surface area contributed by atoms with E-state index in [-0.39, 0.29) is 24.2 Å². The highest BCUT2D eigenvalue weighted by Crippen LogP contribution is 2.50. The maximum atomic E-state index is 13.1. The summed E-state index contributed by atoms with van der Waals surface area (Å²) in [7, 11) is 0. The van der Waals surface area contributed by atoms with Crippen LogP contribution in [0.2, 0.25) is 0 Å². The van der Waals surface area contributed by atoms with Crippen LogP contribution in [0.5, 0.6) is 0 Å². The molecule has 1 saturated carbocycles. The average molecular weight is 356 g/mol. The van der Waals surface area contributed by atoms with Crippen LogP contribution in [0, 0.1) is 11.8 Å². The van der Waals surface area contributed by atoms with Crippen molar-refractivity contribution in [3.8, 4) is 0 Å². The van der Waals surface area contributed by atoms with Crippen LogP contribution in [-0.4, -0.2) is 43.4 Å². The minimum absolute atomic E-state index is 0.00725. The van der Waals surface area contributed by atoms with Crippen LogP contribution in [-0.2, 0) is 20.8 Å². The highest BCUT2D eigenvalue weighted by molar-refractivity contribution is 6.22. The number of primary amides is 1. The highest BCUT2D eigenvalue weighted by Gasteiger charge is 2.60. The summed E-state index contributed by atoms with van der Waals surface area (Å²) >= 11 is 0. The first kappa shape index (κ1) is 16.5. The number of amides is 1. The van der Waals surface area contributed by atoms with Gasteiger partial charge in [-0.3, -0.25) is 19.4 Å². The topological polar surface area (TPSA) is 151 Å². The van der Waals surface area contributed by atoms with Gasteiger partial charge in [0, 0.05) is 35.9 Å². The number of hydrogen-bond acceptors (Lipinski definition) is 7. The van der Waals surface area contributed by atoms with Crippen molar-refractivity contribution in [3.05, 3.63) is 46.5 Å². The lowest BCUT2D eigenvalue weighted by atomic mass is 9.59. The summed E-state index contributed by atoms with van der Waals surface area (Å²) in [5, 5.41) is 32.0. The molecule has 0 saturated heterocycles. The maximum Gasteiger partial charge on any atom is 0.255 e. The monoisotopic (exact) mass is 356 g/mol. The van der Waals surface area contributed by atoms with Gasteiger partial charge in [-0.15, -0.1) is 0 Å². The van der Waals surface area contributed by atoms with Gasteiger partial charge in [-0.05, 0) is 30.4 Å². The number of aromatic nitrogens is 1. The third-order valence-electron chi connectivity index (χ3n) is 5.59. The largest absolute Gasteiger partial charge is 0.508 e. The fraction of sp³-hybridized carbons (Fsp3) is 0.333. The zero-order chi connectivity index (χ0) is 18.8.